The van der Waals surface area contributed by atoms with E-state index in [1.54, 1.807) is 12.7 Å². The predicted octanol–water partition coefficient (Wildman–Crippen LogP) is 1.74. The Morgan fingerprint density at radius 2 is 2.44 bits per heavy atom. The average Bonchev–Trinajstić information content (AvgIpc) is 3.13. The summed E-state index contributed by atoms with van der Waals surface area (Å²) in [6, 6.07) is 0.574. The summed E-state index contributed by atoms with van der Waals surface area (Å²) in [5.74, 6) is 0.864. The molecule has 0 spiro atoms. The topological polar surface area (TPSA) is 30.5 Å². The van der Waals surface area contributed by atoms with Crippen molar-refractivity contribution in [1.29, 1.82) is 0 Å². The van der Waals surface area contributed by atoms with Crippen LogP contribution in [0.25, 0.3) is 0 Å². The molecule has 3 heteroatoms. The van der Waals surface area contributed by atoms with Crippen LogP contribution in [-0.2, 0) is 9.47 Å². The molecule has 3 nitrogen and oxygen atoms in total. The summed E-state index contributed by atoms with van der Waals surface area (Å²) in [5.41, 5.74) is 1.55. The minimum atomic E-state index is 0.574. The molecule has 1 fully saturated rings. The summed E-state index contributed by atoms with van der Waals surface area (Å²) in [7, 11) is 1.79. The quantitative estimate of drug-likeness (QED) is 0.669. The maximum atomic E-state index is 5.30. The van der Waals surface area contributed by atoms with Gasteiger partial charge in [0.1, 0.15) is 0 Å². The Hall–Kier alpha value is -0.380. The van der Waals surface area contributed by atoms with Crippen molar-refractivity contribution in [1.82, 2.24) is 5.32 Å². The Kier molecular flexibility index (Phi) is 4.82. The number of hydrogen-bond donors (Lipinski definition) is 1. The van der Waals surface area contributed by atoms with Gasteiger partial charge in [0, 0.05) is 13.2 Å². The summed E-state index contributed by atoms with van der Waals surface area (Å²) in [5, 5.41) is 3.62. The Bertz CT molecular complexity index is 236. The first kappa shape index (κ1) is 12.1. The van der Waals surface area contributed by atoms with Gasteiger partial charge >= 0.3 is 0 Å². The molecule has 0 aromatic carbocycles. The lowest BCUT2D eigenvalue weighted by molar-refractivity contribution is 0.151. The minimum absolute atomic E-state index is 0.574. The Labute approximate surface area is 98.2 Å². The second-order valence-electron chi connectivity index (χ2n) is 4.79. The lowest BCUT2D eigenvalue weighted by Gasteiger charge is -2.19. The standard InChI is InChI=1S/C13H23NO2/c1-15-10-13(12-2-3-12)14-7-4-11-5-8-16-9-6-11/h5,12-14H,2-4,6-10H2,1H3. The highest BCUT2D eigenvalue weighted by atomic mass is 16.5. The number of ether oxygens (including phenoxy) is 2. The first-order valence-corrected chi connectivity index (χ1v) is 6.38. The zero-order valence-electron chi connectivity index (χ0n) is 10.2. The molecular weight excluding hydrogens is 202 g/mol. The van der Waals surface area contributed by atoms with Crippen molar-refractivity contribution in [2.75, 3.05) is 33.5 Å². The SMILES string of the molecule is COCC(NCCC1=CCOCC1)C1CC1. The van der Waals surface area contributed by atoms with Crippen LogP contribution in [0.15, 0.2) is 11.6 Å². The van der Waals surface area contributed by atoms with E-state index in [4.69, 9.17) is 9.47 Å². The summed E-state index contributed by atoms with van der Waals surface area (Å²) in [6.45, 7) is 3.64. The van der Waals surface area contributed by atoms with E-state index in [0.717, 1.165) is 45.1 Å². The van der Waals surface area contributed by atoms with E-state index in [9.17, 15) is 0 Å². The second-order valence-corrected chi connectivity index (χ2v) is 4.79. The van der Waals surface area contributed by atoms with E-state index in [-0.39, 0.29) is 0 Å². The molecule has 0 radical (unpaired) electrons. The van der Waals surface area contributed by atoms with Gasteiger partial charge in [-0.05, 0) is 38.1 Å². The molecule has 1 unspecified atom stereocenters. The molecular formula is C13H23NO2. The van der Waals surface area contributed by atoms with E-state index in [1.165, 1.54) is 12.8 Å². The molecule has 0 aromatic rings. The smallest absolute Gasteiger partial charge is 0.0650 e. The van der Waals surface area contributed by atoms with Crippen LogP contribution >= 0.6 is 0 Å². The number of hydrogen-bond acceptors (Lipinski definition) is 3. The Balaban J connectivity index is 1.63. The van der Waals surface area contributed by atoms with Gasteiger partial charge in [-0.1, -0.05) is 11.6 Å². The van der Waals surface area contributed by atoms with Crippen molar-refractivity contribution in [3.8, 4) is 0 Å². The van der Waals surface area contributed by atoms with E-state index in [1.807, 2.05) is 0 Å². The molecule has 2 rings (SSSR count). The lowest BCUT2D eigenvalue weighted by Crippen LogP contribution is -2.36. The molecule has 0 aromatic heterocycles. The van der Waals surface area contributed by atoms with Crippen LogP contribution in [0.1, 0.15) is 25.7 Å². The molecule has 0 saturated heterocycles. The highest BCUT2D eigenvalue weighted by molar-refractivity contribution is 5.05. The van der Waals surface area contributed by atoms with Crippen LogP contribution in [-0.4, -0.2) is 39.5 Å². The van der Waals surface area contributed by atoms with E-state index in [0.29, 0.717) is 6.04 Å². The van der Waals surface area contributed by atoms with E-state index in [2.05, 4.69) is 11.4 Å². The first-order valence-electron chi connectivity index (χ1n) is 6.38. The van der Waals surface area contributed by atoms with Gasteiger partial charge in [0.05, 0.1) is 19.8 Å². The normalized spacial score (nSPS) is 22.9. The maximum Gasteiger partial charge on any atom is 0.0650 e. The summed E-state index contributed by atoms with van der Waals surface area (Å²) in [4.78, 5) is 0. The van der Waals surface area contributed by atoms with Crippen molar-refractivity contribution >= 4 is 0 Å². The highest BCUT2D eigenvalue weighted by Gasteiger charge is 2.30. The lowest BCUT2D eigenvalue weighted by atomic mass is 10.1. The second kappa shape index (κ2) is 6.38. The van der Waals surface area contributed by atoms with Crippen LogP contribution in [0.5, 0.6) is 0 Å². The van der Waals surface area contributed by atoms with Crippen molar-refractivity contribution in [3.63, 3.8) is 0 Å². The zero-order chi connectivity index (χ0) is 11.2. The Morgan fingerprint density at radius 1 is 1.56 bits per heavy atom. The minimum Gasteiger partial charge on any atom is -0.383 e. The molecule has 0 bridgehead atoms. The highest BCUT2D eigenvalue weighted by Crippen LogP contribution is 2.32. The van der Waals surface area contributed by atoms with Gasteiger partial charge in [0.25, 0.3) is 0 Å². The fourth-order valence-corrected chi connectivity index (χ4v) is 2.25. The number of methoxy groups -OCH3 is 1. The van der Waals surface area contributed by atoms with Gasteiger partial charge < -0.3 is 14.8 Å². The molecule has 1 aliphatic carbocycles. The molecule has 1 N–H and O–H groups in total. The van der Waals surface area contributed by atoms with Gasteiger partial charge in [0.2, 0.25) is 0 Å². The average molecular weight is 225 g/mol. The van der Waals surface area contributed by atoms with Crippen LogP contribution in [0.3, 0.4) is 0 Å². The van der Waals surface area contributed by atoms with Crippen LogP contribution in [0, 0.1) is 5.92 Å². The third-order valence-electron chi connectivity index (χ3n) is 3.45. The van der Waals surface area contributed by atoms with Crippen molar-refractivity contribution in [2.45, 2.75) is 31.7 Å². The van der Waals surface area contributed by atoms with Crippen LogP contribution in [0.4, 0.5) is 0 Å². The van der Waals surface area contributed by atoms with Gasteiger partial charge in [-0.25, -0.2) is 0 Å². The molecule has 1 saturated carbocycles. The van der Waals surface area contributed by atoms with E-state index >= 15 is 0 Å². The summed E-state index contributed by atoms with van der Waals surface area (Å²) in [6.07, 6.45) is 7.25. The largest absolute Gasteiger partial charge is 0.383 e. The Morgan fingerprint density at radius 3 is 3.06 bits per heavy atom. The third-order valence-corrected chi connectivity index (χ3v) is 3.45. The maximum absolute atomic E-state index is 5.30. The monoisotopic (exact) mass is 225 g/mol. The van der Waals surface area contributed by atoms with Gasteiger partial charge in [-0.3, -0.25) is 0 Å². The molecule has 1 aliphatic heterocycles. The summed E-state index contributed by atoms with van der Waals surface area (Å²) >= 11 is 0. The number of nitrogens with one attached hydrogen (secondary N) is 1. The van der Waals surface area contributed by atoms with Crippen molar-refractivity contribution in [3.05, 3.63) is 11.6 Å². The van der Waals surface area contributed by atoms with Crippen LogP contribution < -0.4 is 5.32 Å². The van der Waals surface area contributed by atoms with Gasteiger partial charge in [0.15, 0.2) is 0 Å². The van der Waals surface area contributed by atoms with Gasteiger partial charge in [-0.2, -0.15) is 0 Å². The van der Waals surface area contributed by atoms with Crippen molar-refractivity contribution in [2.24, 2.45) is 5.92 Å². The first-order chi connectivity index (χ1) is 7.90. The molecule has 0 amide bonds. The van der Waals surface area contributed by atoms with E-state index < -0.39 is 0 Å². The molecule has 2 aliphatic rings. The fourth-order valence-electron chi connectivity index (χ4n) is 2.25. The third kappa shape index (κ3) is 3.89. The molecule has 16 heavy (non-hydrogen) atoms. The molecule has 92 valence electrons. The van der Waals surface area contributed by atoms with Crippen molar-refractivity contribution < 1.29 is 9.47 Å². The number of rotatable bonds is 7. The summed E-state index contributed by atoms with van der Waals surface area (Å²) < 4.78 is 10.5. The van der Waals surface area contributed by atoms with Crippen LogP contribution in [0.2, 0.25) is 0 Å². The predicted molar refractivity (Wildman–Crippen MR) is 64.5 cm³/mol. The van der Waals surface area contributed by atoms with Gasteiger partial charge in [-0.15, -0.1) is 0 Å². The molecule has 1 atom stereocenters. The zero-order valence-corrected chi connectivity index (χ0v) is 10.2. The fraction of sp³-hybridized carbons (Fsp3) is 0.846. The molecule has 1 heterocycles.